The molecule has 0 saturated heterocycles. The van der Waals surface area contributed by atoms with E-state index >= 15 is 0 Å². The Balaban J connectivity index is 2.15. The predicted octanol–water partition coefficient (Wildman–Crippen LogP) is 3.16. The van der Waals surface area contributed by atoms with Crippen molar-refractivity contribution in [3.63, 3.8) is 0 Å². The first kappa shape index (κ1) is 14.3. The lowest BCUT2D eigenvalue weighted by molar-refractivity contribution is 0.226. The van der Waals surface area contributed by atoms with Gasteiger partial charge in [-0.2, -0.15) is 0 Å². The Kier molecular flexibility index (Phi) is 4.09. The number of hydrogen-bond donors (Lipinski definition) is 1. The largest absolute Gasteiger partial charge is 0.330 e. The third-order valence-corrected chi connectivity index (χ3v) is 4.65. The van der Waals surface area contributed by atoms with Crippen LogP contribution < -0.4 is 5.73 Å². The first-order valence-corrected chi connectivity index (χ1v) is 7.79. The molecule has 1 heterocycles. The Morgan fingerprint density at radius 2 is 1.76 bits per heavy atom. The van der Waals surface area contributed by atoms with E-state index in [9.17, 15) is 0 Å². The number of nitrogens with zero attached hydrogens (tertiary/aromatic N) is 1. The molecule has 21 heavy (non-hydrogen) atoms. The molecule has 0 bridgehead atoms. The topological polar surface area (TPSA) is 29.3 Å². The molecule has 0 aromatic heterocycles. The summed E-state index contributed by atoms with van der Waals surface area (Å²) in [5.74, 6) is 0. The molecule has 110 valence electrons. The molecule has 1 aliphatic rings. The highest BCUT2D eigenvalue weighted by molar-refractivity contribution is 5.46. The maximum atomic E-state index is 5.82. The van der Waals surface area contributed by atoms with Gasteiger partial charge in [0.15, 0.2) is 0 Å². The summed E-state index contributed by atoms with van der Waals surface area (Å²) >= 11 is 0. The van der Waals surface area contributed by atoms with Gasteiger partial charge in [0.25, 0.3) is 0 Å². The quantitative estimate of drug-likeness (QED) is 0.932. The summed E-state index contributed by atoms with van der Waals surface area (Å²) in [5.41, 5.74) is 10.3. The second-order valence-electron chi connectivity index (χ2n) is 6.17. The minimum atomic E-state index is 0.0736. The summed E-state index contributed by atoms with van der Waals surface area (Å²) in [4.78, 5) is 2.44. The van der Waals surface area contributed by atoms with Crippen LogP contribution in [0.4, 0.5) is 0 Å². The van der Waals surface area contributed by atoms with Crippen LogP contribution in [0.3, 0.4) is 0 Å². The molecule has 1 aliphatic heterocycles. The summed E-state index contributed by atoms with van der Waals surface area (Å²) in [6.07, 6.45) is 2.16. The maximum Gasteiger partial charge on any atom is 0.0333 e. The van der Waals surface area contributed by atoms with E-state index in [1.807, 2.05) is 0 Å². The van der Waals surface area contributed by atoms with Gasteiger partial charge < -0.3 is 10.6 Å². The van der Waals surface area contributed by atoms with Crippen molar-refractivity contribution in [3.8, 4) is 0 Å². The molecule has 0 aliphatic carbocycles. The van der Waals surface area contributed by atoms with Crippen LogP contribution in [0.25, 0.3) is 0 Å². The van der Waals surface area contributed by atoms with Crippen molar-refractivity contribution in [3.05, 3.63) is 71.3 Å². The monoisotopic (exact) mass is 280 g/mol. The fourth-order valence-corrected chi connectivity index (χ4v) is 3.78. The van der Waals surface area contributed by atoms with Crippen molar-refractivity contribution in [1.29, 1.82) is 0 Å². The standard InChI is InChI=1S/C19H24N2/c1-21-14-16-8-5-6-11-18(16)19(15-21,12-7-13-20)17-9-3-2-4-10-17/h2-6,8-11H,7,12-15,20H2,1H3. The highest BCUT2D eigenvalue weighted by Crippen LogP contribution is 2.42. The van der Waals surface area contributed by atoms with Crippen molar-refractivity contribution in [2.24, 2.45) is 5.73 Å². The van der Waals surface area contributed by atoms with Gasteiger partial charge in [0.05, 0.1) is 0 Å². The second kappa shape index (κ2) is 6.00. The van der Waals surface area contributed by atoms with Crippen LogP contribution in [-0.4, -0.2) is 25.0 Å². The molecule has 2 N–H and O–H groups in total. The first-order valence-electron chi connectivity index (χ1n) is 7.79. The average Bonchev–Trinajstić information content (AvgIpc) is 2.53. The van der Waals surface area contributed by atoms with E-state index in [4.69, 9.17) is 5.73 Å². The Bertz CT molecular complexity index is 594. The van der Waals surface area contributed by atoms with E-state index in [0.29, 0.717) is 0 Å². The van der Waals surface area contributed by atoms with E-state index < -0.39 is 0 Å². The third-order valence-electron chi connectivity index (χ3n) is 4.65. The third kappa shape index (κ3) is 2.61. The van der Waals surface area contributed by atoms with E-state index in [2.05, 4.69) is 66.5 Å². The fourth-order valence-electron chi connectivity index (χ4n) is 3.78. The number of nitrogens with two attached hydrogens (primary N) is 1. The van der Waals surface area contributed by atoms with Crippen molar-refractivity contribution in [2.45, 2.75) is 24.8 Å². The van der Waals surface area contributed by atoms with E-state index in [1.54, 1.807) is 0 Å². The number of hydrogen-bond acceptors (Lipinski definition) is 2. The molecule has 0 radical (unpaired) electrons. The maximum absolute atomic E-state index is 5.82. The lowest BCUT2D eigenvalue weighted by Crippen LogP contribution is -2.45. The summed E-state index contributed by atoms with van der Waals surface area (Å²) in [7, 11) is 2.22. The van der Waals surface area contributed by atoms with Gasteiger partial charge in [-0.25, -0.2) is 0 Å². The SMILES string of the molecule is CN1Cc2ccccc2C(CCCN)(c2ccccc2)C1. The zero-order valence-electron chi connectivity index (χ0n) is 12.8. The normalized spacial score (nSPS) is 22.0. The smallest absolute Gasteiger partial charge is 0.0333 e. The van der Waals surface area contributed by atoms with Crippen molar-refractivity contribution in [2.75, 3.05) is 20.1 Å². The van der Waals surface area contributed by atoms with Crippen LogP contribution in [0.2, 0.25) is 0 Å². The molecule has 2 aromatic rings. The highest BCUT2D eigenvalue weighted by Gasteiger charge is 2.39. The van der Waals surface area contributed by atoms with Gasteiger partial charge in [-0.1, -0.05) is 54.6 Å². The van der Waals surface area contributed by atoms with E-state index in [1.165, 1.54) is 16.7 Å². The first-order chi connectivity index (χ1) is 10.3. The Morgan fingerprint density at radius 3 is 2.52 bits per heavy atom. The van der Waals surface area contributed by atoms with E-state index in [0.717, 1.165) is 32.5 Å². The molecule has 1 atom stereocenters. The average molecular weight is 280 g/mol. The number of benzene rings is 2. The van der Waals surface area contributed by atoms with Crippen LogP contribution in [0.5, 0.6) is 0 Å². The van der Waals surface area contributed by atoms with Crippen molar-refractivity contribution in [1.82, 2.24) is 4.90 Å². The van der Waals surface area contributed by atoms with Gasteiger partial charge in [0.2, 0.25) is 0 Å². The molecule has 1 unspecified atom stereocenters. The Hall–Kier alpha value is -1.64. The number of fused-ring (bicyclic) bond motifs is 1. The number of rotatable bonds is 4. The molecule has 2 aromatic carbocycles. The lowest BCUT2D eigenvalue weighted by Gasteiger charge is -2.44. The van der Waals surface area contributed by atoms with Crippen molar-refractivity contribution < 1.29 is 0 Å². The molecule has 2 heteroatoms. The second-order valence-corrected chi connectivity index (χ2v) is 6.17. The van der Waals surface area contributed by atoms with Crippen molar-refractivity contribution >= 4 is 0 Å². The van der Waals surface area contributed by atoms with Crippen LogP contribution >= 0.6 is 0 Å². The molecule has 0 fully saturated rings. The van der Waals surface area contributed by atoms with Crippen LogP contribution in [0.15, 0.2) is 54.6 Å². The van der Waals surface area contributed by atoms with Gasteiger partial charge in [0.1, 0.15) is 0 Å². The van der Waals surface area contributed by atoms with Gasteiger partial charge in [-0.05, 0) is 43.1 Å². The van der Waals surface area contributed by atoms with Crippen LogP contribution in [0.1, 0.15) is 29.5 Å². The summed E-state index contributed by atoms with van der Waals surface area (Å²) in [5, 5.41) is 0. The predicted molar refractivity (Wildman–Crippen MR) is 88.3 cm³/mol. The summed E-state index contributed by atoms with van der Waals surface area (Å²) < 4.78 is 0. The molecular weight excluding hydrogens is 256 g/mol. The zero-order valence-corrected chi connectivity index (χ0v) is 12.8. The summed E-state index contributed by atoms with van der Waals surface area (Å²) in [6.45, 7) is 2.85. The van der Waals surface area contributed by atoms with Gasteiger partial charge in [-0.3, -0.25) is 0 Å². The Labute approximate surface area is 127 Å². The minimum Gasteiger partial charge on any atom is -0.330 e. The molecule has 0 spiro atoms. The summed E-state index contributed by atoms with van der Waals surface area (Å²) in [6, 6.07) is 19.8. The van der Waals surface area contributed by atoms with Crippen LogP contribution in [0, 0.1) is 0 Å². The molecule has 0 saturated carbocycles. The van der Waals surface area contributed by atoms with Gasteiger partial charge in [-0.15, -0.1) is 0 Å². The molecule has 3 rings (SSSR count). The highest BCUT2D eigenvalue weighted by atomic mass is 15.1. The van der Waals surface area contributed by atoms with Gasteiger partial charge >= 0.3 is 0 Å². The fraction of sp³-hybridized carbons (Fsp3) is 0.368. The zero-order chi connectivity index (χ0) is 14.7. The lowest BCUT2D eigenvalue weighted by atomic mass is 9.67. The number of likely N-dealkylation sites (N-methyl/N-ethyl adjacent to an activating group) is 1. The van der Waals surface area contributed by atoms with Crippen LogP contribution in [-0.2, 0) is 12.0 Å². The molecule has 0 amide bonds. The minimum absolute atomic E-state index is 0.0736. The molecule has 2 nitrogen and oxygen atoms in total. The molecular formula is C19H24N2. The Morgan fingerprint density at radius 1 is 1.05 bits per heavy atom. The van der Waals surface area contributed by atoms with E-state index in [-0.39, 0.29) is 5.41 Å². The van der Waals surface area contributed by atoms with Gasteiger partial charge in [0, 0.05) is 18.5 Å².